The maximum Gasteiger partial charge on any atom is 0.357 e. The summed E-state index contributed by atoms with van der Waals surface area (Å²) in [5.74, 6) is 1.88. The summed E-state index contributed by atoms with van der Waals surface area (Å²) in [6, 6.07) is 21.9. The molecule has 8 rings (SSSR count). The molecule has 2 fully saturated rings. The Kier molecular flexibility index (Phi) is 10.7. The number of likely N-dealkylation sites (tertiary alicyclic amines) is 1. The van der Waals surface area contributed by atoms with Gasteiger partial charge in [0.05, 0.1) is 23.6 Å². The third-order valence-corrected chi connectivity index (χ3v) is 11.7. The number of piperidine rings is 1. The quantitative estimate of drug-likeness (QED) is 0.116. The lowest BCUT2D eigenvalue weighted by atomic mass is 9.85. The number of nitrogens with one attached hydrogen (secondary N) is 1. The van der Waals surface area contributed by atoms with Crippen LogP contribution in [-0.2, 0) is 21.6 Å². The molecule has 5 aromatic rings. The monoisotopic (exact) mass is 774 g/mol. The van der Waals surface area contributed by atoms with Gasteiger partial charge in [-0.15, -0.1) is 15.3 Å². The number of hydrogen-bond acceptors (Lipinski definition) is 10. The number of fused-ring (bicyclic) bond motifs is 2. The largest absolute Gasteiger partial charge is 0.484 e. The average molecular weight is 775 g/mol. The number of anilines is 2. The molecule has 14 heteroatoms. The van der Waals surface area contributed by atoms with Crippen molar-refractivity contribution >= 4 is 29.9 Å². The van der Waals surface area contributed by atoms with Crippen molar-refractivity contribution in [3.05, 3.63) is 95.3 Å². The third-order valence-electron chi connectivity index (χ3n) is 11.7. The van der Waals surface area contributed by atoms with E-state index in [2.05, 4.69) is 90.2 Å². The maximum absolute atomic E-state index is 14.3. The SMILES string of the molecule is C[C@H]1CCCCN1c1nnc2ccc(O[C@@H]3CC[C@H](NC(=O)N(OC=O)c4cc(C(C)(C)C)nn4-c4cccc(CN5CC(N(C)C)C5)c4)c4ccccc43)cn12. The molecule has 2 aromatic carbocycles. The van der Waals surface area contributed by atoms with E-state index in [0.717, 1.165) is 89.5 Å². The summed E-state index contributed by atoms with van der Waals surface area (Å²) in [7, 11) is 4.23. The predicted octanol–water partition coefficient (Wildman–Crippen LogP) is 6.60. The van der Waals surface area contributed by atoms with Gasteiger partial charge in [0.25, 0.3) is 0 Å². The van der Waals surface area contributed by atoms with E-state index in [1.165, 1.54) is 6.42 Å². The molecular formula is C43H54N10O4. The number of rotatable bonds is 11. The first-order chi connectivity index (χ1) is 27.5. The standard InChI is InChI=1S/C43H54N10O4/c1-29-12-9-10-21-50(29)41-46-45-39-20-17-33(27-51(39)41)57-37-19-18-36(34-15-7-8-16-35(34)37)44-42(55)53(56-28-54)40-23-38(43(2,3)4)47-52(40)31-14-11-13-30(22-31)24-49-25-32(26-49)48(5)6/h7-8,11,13-17,20,22-23,27-29,32,36-37H,9-10,12,18-19,21,24-26H2,1-6H3,(H,44,55)/t29-,36-,37+/m0/s1. The lowest BCUT2D eigenvalue weighted by Crippen LogP contribution is -2.56. The minimum Gasteiger partial charge on any atom is -0.484 e. The Hall–Kier alpha value is -5.47. The minimum absolute atomic E-state index is 0.240. The lowest BCUT2D eigenvalue weighted by Gasteiger charge is -2.42. The van der Waals surface area contributed by atoms with Crippen LogP contribution in [0.2, 0.25) is 0 Å². The summed E-state index contributed by atoms with van der Waals surface area (Å²) in [5.41, 5.74) is 5.01. The fourth-order valence-electron chi connectivity index (χ4n) is 8.28. The van der Waals surface area contributed by atoms with Crippen molar-refractivity contribution in [3.8, 4) is 11.4 Å². The first kappa shape index (κ1) is 38.4. The number of likely N-dealkylation sites (N-methyl/N-ethyl adjacent to an activating group) is 1. The highest BCUT2D eigenvalue weighted by Gasteiger charge is 2.34. The highest BCUT2D eigenvalue weighted by Crippen LogP contribution is 2.40. The van der Waals surface area contributed by atoms with E-state index in [1.807, 2.05) is 59.1 Å². The van der Waals surface area contributed by atoms with Crippen LogP contribution in [-0.4, -0.2) is 92.5 Å². The molecule has 0 radical (unpaired) electrons. The molecule has 0 saturated carbocycles. The zero-order chi connectivity index (χ0) is 39.8. The summed E-state index contributed by atoms with van der Waals surface area (Å²) in [4.78, 5) is 38.8. The minimum atomic E-state index is -0.577. The highest BCUT2D eigenvalue weighted by molar-refractivity contribution is 5.90. The number of carbonyl (C=O) groups is 2. The van der Waals surface area contributed by atoms with E-state index in [1.54, 1.807) is 4.68 Å². The van der Waals surface area contributed by atoms with Gasteiger partial charge in [0, 0.05) is 49.7 Å². The van der Waals surface area contributed by atoms with Gasteiger partial charge in [0.1, 0.15) is 11.9 Å². The van der Waals surface area contributed by atoms with E-state index in [0.29, 0.717) is 30.7 Å². The molecule has 3 aliphatic rings. The normalized spacial score (nSPS) is 20.3. The molecular weight excluding hydrogens is 721 g/mol. The molecule has 0 unspecified atom stereocenters. The van der Waals surface area contributed by atoms with Gasteiger partial charge < -0.3 is 24.7 Å². The first-order valence-corrected chi connectivity index (χ1v) is 20.1. The Morgan fingerprint density at radius 3 is 2.53 bits per heavy atom. The second-order valence-electron chi connectivity index (χ2n) is 17.0. The molecule has 14 nitrogen and oxygen atoms in total. The Labute approximate surface area is 334 Å². The Morgan fingerprint density at radius 2 is 1.77 bits per heavy atom. The van der Waals surface area contributed by atoms with E-state index < -0.39 is 6.03 Å². The van der Waals surface area contributed by atoms with Crippen LogP contribution in [0.5, 0.6) is 5.75 Å². The van der Waals surface area contributed by atoms with E-state index in [-0.39, 0.29) is 24.0 Å². The summed E-state index contributed by atoms with van der Waals surface area (Å²) < 4.78 is 10.4. The molecule has 2 amide bonds. The lowest BCUT2D eigenvalue weighted by molar-refractivity contribution is -0.129. The van der Waals surface area contributed by atoms with Gasteiger partial charge in [-0.25, -0.2) is 9.48 Å². The fraction of sp³-hybridized carbons (Fsp3) is 0.465. The highest BCUT2D eigenvalue weighted by atomic mass is 16.7. The van der Waals surface area contributed by atoms with Gasteiger partial charge in [-0.1, -0.05) is 57.2 Å². The van der Waals surface area contributed by atoms with Crippen molar-refractivity contribution < 1.29 is 19.2 Å². The van der Waals surface area contributed by atoms with Crippen LogP contribution in [0.3, 0.4) is 0 Å². The Bertz CT molecular complexity index is 2220. The molecule has 300 valence electrons. The molecule has 0 spiro atoms. The van der Waals surface area contributed by atoms with Crippen LogP contribution in [0.25, 0.3) is 11.3 Å². The number of aromatic nitrogens is 5. The second kappa shape index (κ2) is 15.8. The molecule has 3 atom stereocenters. The van der Waals surface area contributed by atoms with Crippen molar-refractivity contribution in [2.75, 3.05) is 43.7 Å². The number of hydrogen-bond donors (Lipinski definition) is 1. The summed E-state index contributed by atoms with van der Waals surface area (Å²) in [5, 5.41) is 18.1. The number of benzene rings is 2. The number of nitrogens with zero attached hydrogens (tertiary/aromatic N) is 9. The van der Waals surface area contributed by atoms with E-state index >= 15 is 0 Å². The molecule has 3 aromatic heterocycles. The Balaban J connectivity index is 1.03. The molecule has 57 heavy (non-hydrogen) atoms. The van der Waals surface area contributed by atoms with Crippen LogP contribution in [0.1, 0.15) is 94.3 Å². The van der Waals surface area contributed by atoms with Gasteiger partial charge in [-0.05, 0) is 94.1 Å². The van der Waals surface area contributed by atoms with Crippen LogP contribution in [0.15, 0.2) is 72.9 Å². The van der Waals surface area contributed by atoms with Crippen LogP contribution in [0.4, 0.5) is 16.6 Å². The Morgan fingerprint density at radius 1 is 0.965 bits per heavy atom. The smallest absolute Gasteiger partial charge is 0.357 e. The predicted molar refractivity (Wildman–Crippen MR) is 219 cm³/mol. The van der Waals surface area contributed by atoms with Crippen LogP contribution >= 0.6 is 0 Å². The first-order valence-electron chi connectivity index (χ1n) is 20.1. The van der Waals surface area contributed by atoms with Crippen molar-refractivity contribution in [2.24, 2.45) is 0 Å². The molecule has 2 saturated heterocycles. The van der Waals surface area contributed by atoms with Crippen molar-refractivity contribution in [2.45, 2.75) is 96.0 Å². The van der Waals surface area contributed by atoms with Crippen molar-refractivity contribution in [1.29, 1.82) is 0 Å². The number of hydroxylamine groups is 1. The fourth-order valence-corrected chi connectivity index (χ4v) is 8.28. The molecule has 1 aliphatic carbocycles. The third kappa shape index (κ3) is 7.93. The second-order valence-corrected chi connectivity index (χ2v) is 17.0. The zero-order valence-electron chi connectivity index (χ0n) is 33.8. The maximum atomic E-state index is 14.3. The summed E-state index contributed by atoms with van der Waals surface area (Å²) in [6.07, 6.45) is 6.49. The van der Waals surface area contributed by atoms with Crippen molar-refractivity contribution in [3.63, 3.8) is 0 Å². The van der Waals surface area contributed by atoms with Crippen LogP contribution in [0, 0.1) is 0 Å². The van der Waals surface area contributed by atoms with Crippen LogP contribution < -0.4 is 20.0 Å². The molecule has 0 bridgehead atoms. The number of amides is 2. The van der Waals surface area contributed by atoms with Gasteiger partial charge in [0.15, 0.2) is 11.5 Å². The van der Waals surface area contributed by atoms with E-state index in [9.17, 15) is 9.59 Å². The molecule has 2 aliphatic heterocycles. The number of carbonyl (C=O) groups excluding carboxylic acids is 2. The van der Waals surface area contributed by atoms with E-state index in [4.69, 9.17) is 14.7 Å². The van der Waals surface area contributed by atoms with Crippen molar-refractivity contribution in [1.82, 2.24) is 39.5 Å². The average Bonchev–Trinajstić information content (AvgIpc) is 3.82. The molecule has 1 N–H and O–H groups in total. The number of urea groups is 1. The topological polar surface area (TPSA) is 126 Å². The van der Waals surface area contributed by atoms with Gasteiger partial charge in [-0.3, -0.25) is 14.1 Å². The van der Waals surface area contributed by atoms with Gasteiger partial charge in [-0.2, -0.15) is 5.10 Å². The van der Waals surface area contributed by atoms with Gasteiger partial charge in [0.2, 0.25) is 5.95 Å². The number of pyridine rings is 1. The summed E-state index contributed by atoms with van der Waals surface area (Å²) >= 11 is 0. The summed E-state index contributed by atoms with van der Waals surface area (Å²) in [6.45, 7) is 12.5. The zero-order valence-corrected chi connectivity index (χ0v) is 33.8. The van der Waals surface area contributed by atoms with Gasteiger partial charge >= 0.3 is 12.5 Å². The number of ether oxygens (including phenoxy) is 1. The molecule has 5 heterocycles.